The molecule has 0 N–H and O–H groups in total. The number of rotatable bonds is 2. The minimum atomic E-state index is 0.689. The van der Waals surface area contributed by atoms with Crippen LogP contribution in [0.4, 0.5) is 0 Å². The fourth-order valence-electron chi connectivity index (χ4n) is 1.67. The number of imidazole rings is 1. The highest BCUT2D eigenvalue weighted by Gasteiger charge is 2.08. The van der Waals surface area contributed by atoms with Crippen LogP contribution in [0.15, 0.2) is 30.5 Å². The maximum atomic E-state index is 6.04. The van der Waals surface area contributed by atoms with Crippen LogP contribution in [-0.2, 0) is 6.54 Å². The number of hydrogen-bond donors (Lipinski definition) is 0. The summed E-state index contributed by atoms with van der Waals surface area (Å²) in [5.41, 5.74) is 2.35. The van der Waals surface area contributed by atoms with Crippen LogP contribution in [0.3, 0.4) is 0 Å². The molecular weight excluding hydrogens is 208 g/mol. The molecule has 0 aliphatic heterocycles. The van der Waals surface area contributed by atoms with Gasteiger partial charge in [0.2, 0.25) is 0 Å². The van der Waals surface area contributed by atoms with Gasteiger partial charge in [0.05, 0.1) is 6.20 Å². The van der Waals surface area contributed by atoms with E-state index in [1.54, 1.807) is 6.20 Å². The standard InChI is InChI=1S/C12H13ClN2/c1-3-15-11(13)8-14-12(15)10-6-4-5-9(2)7-10/h4-8H,3H2,1-2H3. The van der Waals surface area contributed by atoms with E-state index in [9.17, 15) is 0 Å². The van der Waals surface area contributed by atoms with Gasteiger partial charge >= 0.3 is 0 Å². The second kappa shape index (κ2) is 4.07. The van der Waals surface area contributed by atoms with Crippen LogP contribution in [0.2, 0.25) is 5.15 Å². The lowest BCUT2D eigenvalue weighted by Crippen LogP contribution is -1.97. The van der Waals surface area contributed by atoms with Crippen LogP contribution in [-0.4, -0.2) is 9.55 Å². The zero-order valence-corrected chi connectivity index (χ0v) is 9.62. The monoisotopic (exact) mass is 220 g/mol. The zero-order chi connectivity index (χ0) is 10.8. The number of benzene rings is 1. The van der Waals surface area contributed by atoms with Gasteiger partial charge in [0.15, 0.2) is 0 Å². The summed E-state index contributed by atoms with van der Waals surface area (Å²) in [5.74, 6) is 0.936. The third-order valence-corrected chi connectivity index (χ3v) is 2.70. The van der Waals surface area contributed by atoms with Crippen molar-refractivity contribution in [2.45, 2.75) is 20.4 Å². The molecule has 3 heteroatoms. The topological polar surface area (TPSA) is 17.8 Å². The highest BCUT2D eigenvalue weighted by atomic mass is 35.5. The molecule has 0 bridgehead atoms. The molecule has 0 radical (unpaired) electrons. The van der Waals surface area contributed by atoms with Crippen molar-refractivity contribution in [2.24, 2.45) is 0 Å². The molecule has 2 rings (SSSR count). The first-order chi connectivity index (χ1) is 7.22. The Morgan fingerprint density at radius 3 is 2.87 bits per heavy atom. The van der Waals surface area contributed by atoms with E-state index in [0.29, 0.717) is 5.15 Å². The van der Waals surface area contributed by atoms with Gasteiger partial charge in [-0.2, -0.15) is 0 Å². The molecule has 0 spiro atoms. The summed E-state index contributed by atoms with van der Waals surface area (Å²) >= 11 is 6.04. The maximum Gasteiger partial charge on any atom is 0.141 e. The van der Waals surface area contributed by atoms with E-state index in [1.807, 2.05) is 10.6 Å². The summed E-state index contributed by atoms with van der Waals surface area (Å²) < 4.78 is 2.00. The van der Waals surface area contributed by atoms with Crippen molar-refractivity contribution in [3.63, 3.8) is 0 Å². The smallest absolute Gasteiger partial charge is 0.141 e. The average molecular weight is 221 g/mol. The minimum absolute atomic E-state index is 0.689. The molecule has 0 aliphatic rings. The van der Waals surface area contributed by atoms with Gasteiger partial charge in [-0.15, -0.1) is 0 Å². The van der Waals surface area contributed by atoms with Crippen molar-refractivity contribution < 1.29 is 0 Å². The third-order valence-electron chi connectivity index (χ3n) is 2.40. The molecule has 0 amide bonds. The Kier molecular flexibility index (Phi) is 2.78. The van der Waals surface area contributed by atoms with E-state index in [-0.39, 0.29) is 0 Å². The molecule has 1 aromatic carbocycles. The predicted molar refractivity (Wildman–Crippen MR) is 63.1 cm³/mol. The van der Waals surface area contributed by atoms with E-state index in [0.717, 1.165) is 17.9 Å². The molecular formula is C12H13ClN2. The highest BCUT2D eigenvalue weighted by molar-refractivity contribution is 6.29. The van der Waals surface area contributed by atoms with Crippen molar-refractivity contribution in [1.82, 2.24) is 9.55 Å². The predicted octanol–water partition coefficient (Wildman–Crippen LogP) is 3.53. The van der Waals surface area contributed by atoms with Gasteiger partial charge in [-0.3, -0.25) is 0 Å². The summed E-state index contributed by atoms with van der Waals surface area (Å²) in [6.45, 7) is 4.97. The Balaban J connectivity index is 2.54. The van der Waals surface area contributed by atoms with E-state index in [2.05, 4.69) is 37.0 Å². The Hall–Kier alpha value is -1.28. The number of halogens is 1. The molecule has 1 aromatic heterocycles. The quantitative estimate of drug-likeness (QED) is 0.757. The summed E-state index contributed by atoms with van der Waals surface area (Å²) in [4.78, 5) is 4.33. The van der Waals surface area contributed by atoms with Crippen molar-refractivity contribution in [2.75, 3.05) is 0 Å². The van der Waals surface area contributed by atoms with E-state index in [4.69, 9.17) is 11.6 Å². The second-order valence-electron chi connectivity index (χ2n) is 3.52. The Morgan fingerprint density at radius 1 is 1.40 bits per heavy atom. The van der Waals surface area contributed by atoms with Gasteiger partial charge in [0.25, 0.3) is 0 Å². The second-order valence-corrected chi connectivity index (χ2v) is 3.91. The summed E-state index contributed by atoms with van der Waals surface area (Å²) in [6.07, 6.45) is 1.70. The molecule has 0 saturated carbocycles. The van der Waals surface area contributed by atoms with E-state index in [1.165, 1.54) is 5.56 Å². The highest BCUT2D eigenvalue weighted by Crippen LogP contribution is 2.22. The molecule has 1 heterocycles. The molecule has 0 saturated heterocycles. The van der Waals surface area contributed by atoms with Gasteiger partial charge in [0.1, 0.15) is 11.0 Å². The molecule has 0 atom stereocenters. The lowest BCUT2D eigenvalue weighted by Gasteiger charge is -2.06. The van der Waals surface area contributed by atoms with Crippen LogP contribution in [0.1, 0.15) is 12.5 Å². The van der Waals surface area contributed by atoms with Gasteiger partial charge < -0.3 is 4.57 Å². The fraction of sp³-hybridized carbons (Fsp3) is 0.250. The maximum absolute atomic E-state index is 6.04. The molecule has 0 unspecified atom stereocenters. The van der Waals surface area contributed by atoms with Crippen LogP contribution >= 0.6 is 11.6 Å². The fourth-order valence-corrected chi connectivity index (χ4v) is 1.92. The average Bonchev–Trinajstić information content (AvgIpc) is 2.59. The molecule has 2 nitrogen and oxygen atoms in total. The first-order valence-corrected chi connectivity index (χ1v) is 5.38. The molecule has 0 aliphatic carbocycles. The summed E-state index contributed by atoms with van der Waals surface area (Å²) in [5, 5.41) is 0.689. The Bertz CT molecular complexity index is 474. The van der Waals surface area contributed by atoms with Gasteiger partial charge in [0, 0.05) is 12.1 Å². The van der Waals surface area contributed by atoms with Gasteiger partial charge in [-0.05, 0) is 19.9 Å². The molecule has 78 valence electrons. The summed E-state index contributed by atoms with van der Waals surface area (Å²) in [6, 6.07) is 8.28. The molecule has 0 fully saturated rings. The van der Waals surface area contributed by atoms with Crippen molar-refractivity contribution in [1.29, 1.82) is 0 Å². The zero-order valence-electron chi connectivity index (χ0n) is 8.87. The third kappa shape index (κ3) is 1.90. The Labute approximate surface area is 94.5 Å². The minimum Gasteiger partial charge on any atom is -0.315 e. The summed E-state index contributed by atoms with van der Waals surface area (Å²) in [7, 11) is 0. The number of aromatic nitrogens is 2. The molecule has 2 aromatic rings. The van der Waals surface area contributed by atoms with Crippen molar-refractivity contribution >= 4 is 11.6 Å². The lowest BCUT2D eigenvalue weighted by molar-refractivity contribution is 0.771. The first kappa shape index (κ1) is 10.2. The number of aryl methyl sites for hydroxylation is 1. The molecule has 15 heavy (non-hydrogen) atoms. The van der Waals surface area contributed by atoms with Crippen LogP contribution < -0.4 is 0 Å². The van der Waals surface area contributed by atoms with E-state index < -0.39 is 0 Å². The SMILES string of the molecule is CCn1c(Cl)cnc1-c1cccc(C)c1. The number of hydrogen-bond acceptors (Lipinski definition) is 1. The Morgan fingerprint density at radius 2 is 2.20 bits per heavy atom. The normalized spacial score (nSPS) is 10.6. The van der Waals surface area contributed by atoms with Crippen molar-refractivity contribution in [3.8, 4) is 11.4 Å². The van der Waals surface area contributed by atoms with Gasteiger partial charge in [-0.1, -0.05) is 35.4 Å². The lowest BCUT2D eigenvalue weighted by atomic mass is 10.1. The van der Waals surface area contributed by atoms with Gasteiger partial charge in [-0.25, -0.2) is 4.98 Å². The first-order valence-electron chi connectivity index (χ1n) is 5.00. The van der Waals surface area contributed by atoms with Crippen LogP contribution in [0.5, 0.6) is 0 Å². The largest absolute Gasteiger partial charge is 0.315 e. The van der Waals surface area contributed by atoms with E-state index >= 15 is 0 Å². The van der Waals surface area contributed by atoms with Crippen LogP contribution in [0, 0.1) is 6.92 Å². The number of nitrogens with zero attached hydrogens (tertiary/aromatic N) is 2. The van der Waals surface area contributed by atoms with Crippen LogP contribution in [0.25, 0.3) is 11.4 Å². The van der Waals surface area contributed by atoms with Crippen molar-refractivity contribution in [3.05, 3.63) is 41.2 Å².